The molecule has 1 amide bonds. The van der Waals surface area contributed by atoms with Gasteiger partial charge in [0.1, 0.15) is 5.82 Å². The fourth-order valence-electron chi connectivity index (χ4n) is 2.46. The van der Waals surface area contributed by atoms with Gasteiger partial charge < -0.3 is 5.32 Å². The highest BCUT2D eigenvalue weighted by Crippen LogP contribution is 2.51. The van der Waals surface area contributed by atoms with E-state index in [-0.39, 0.29) is 5.91 Å². The monoisotopic (exact) mass is 234 g/mol. The van der Waals surface area contributed by atoms with Crippen LogP contribution in [0.2, 0.25) is 0 Å². The molecule has 3 aliphatic carbocycles. The van der Waals surface area contributed by atoms with Gasteiger partial charge in [0.2, 0.25) is 0 Å². The predicted octanol–water partition coefficient (Wildman–Crippen LogP) is 2.53. The molecule has 1 aromatic heterocycles. The fraction of sp³-hybridized carbons (Fsp3) is 0.0667. The molecule has 4 rings (SSSR count). The molecule has 0 atom stereocenters. The van der Waals surface area contributed by atoms with E-state index in [2.05, 4.69) is 16.4 Å². The average Bonchev–Trinajstić information content (AvgIpc) is 2.86. The van der Waals surface area contributed by atoms with Crippen molar-refractivity contribution in [2.24, 2.45) is 0 Å². The zero-order valence-electron chi connectivity index (χ0n) is 9.60. The molecule has 0 aromatic carbocycles. The third-order valence-electron chi connectivity index (χ3n) is 3.42. The van der Waals surface area contributed by atoms with Crippen LogP contribution in [0.15, 0.2) is 70.5 Å². The average molecular weight is 234 g/mol. The maximum Gasteiger partial charge on any atom is 0.257 e. The van der Waals surface area contributed by atoms with Crippen molar-refractivity contribution < 1.29 is 4.79 Å². The molecule has 0 saturated heterocycles. The van der Waals surface area contributed by atoms with Crippen molar-refractivity contribution >= 4 is 11.7 Å². The summed E-state index contributed by atoms with van der Waals surface area (Å²) in [5.74, 6) is 0.495. The van der Waals surface area contributed by atoms with Crippen molar-refractivity contribution in [1.82, 2.24) is 4.98 Å². The number of amides is 1. The Bertz CT molecular complexity index is 690. The largest absolute Gasteiger partial charge is 0.307 e. The lowest BCUT2D eigenvalue weighted by molar-refractivity contribution is -0.112. The van der Waals surface area contributed by atoms with Crippen LogP contribution >= 0.6 is 0 Å². The van der Waals surface area contributed by atoms with E-state index in [9.17, 15) is 4.79 Å². The molecule has 1 saturated carbocycles. The van der Waals surface area contributed by atoms with Gasteiger partial charge in [0.05, 0.1) is 0 Å². The highest BCUT2D eigenvalue weighted by molar-refractivity contribution is 6.08. The lowest BCUT2D eigenvalue weighted by atomic mass is 10.1. The molecular weight excluding hydrogens is 224 g/mol. The molecule has 86 valence electrons. The number of aromatic nitrogens is 1. The lowest BCUT2D eigenvalue weighted by Crippen LogP contribution is -2.14. The molecule has 0 unspecified atom stereocenters. The van der Waals surface area contributed by atoms with Gasteiger partial charge in [-0.1, -0.05) is 12.1 Å². The zero-order valence-corrected chi connectivity index (χ0v) is 9.60. The number of hydrogen-bond acceptors (Lipinski definition) is 2. The first kappa shape index (κ1) is 9.59. The molecule has 3 heteroatoms. The molecule has 0 radical (unpaired) electrons. The van der Waals surface area contributed by atoms with Crippen molar-refractivity contribution in [3.8, 4) is 0 Å². The van der Waals surface area contributed by atoms with Crippen LogP contribution in [0.25, 0.3) is 0 Å². The molecule has 0 spiro atoms. The summed E-state index contributed by atoms with van der Waals surface area (Å²) in [6.07, 6.45) is 8.81. The second kappa shape index (κ2) is 3.29. The minimum atomic E-state index is -0.0892. The van der Waals surface area contributed by atoms with Crippen LogP contribution in [0, 0.1) is 0 Å². The summed E-state index contributed by atoms with van der Waals surface area (Å²) in [6.45, 7) is 0. The number of hydrogen-bond donors (Lipinski definition) is 1. The number of carbonyl (C=O) groups is 1. The summed E-state index contributed by atoms with van der Waals surface area (Å²) in [6, 6.07) is 5.46. The molecular formula is C15H10N2O. The summed E-state index contributed by atoms with van der Waals surface area (Å²) in [4.78, 5) is 16.3. The molecule has 1 heterocycles. The van der Waals surface area contributed by atoms with Crippen molar-refractivity contribution in [1.29, 1.82) is 0 Å². The number of carbonyl (C=O) groups excluding carboxylic acids is 1. The van der Waals surface area contributed by atoms with Gasteiger partial charge in [-0.2, -0.15) is 0 Å². The number of nitrogens with one attached hydrogen (secondary N) is 1. The quantitative estimate of drug-likeness (QED) is 0.854. The van der Waals surface area contributed by atoms with Gasteiger partial charge in [0.25, 0.3) is 5.91 Å². The molecule has 3 nitrogen and oxygen atoms in total. The van der Waals surface area contributed by atoms with Gasteiger partial charge in [0, 0.05) is 11.8 Å². The Morgan fingerprint density at radius 1 is 1.22 bits per heavy atom. The summed E-state index contributed by atoms with van der Waals surface area (Å²) in [5, 5.41) is 2.82. The number of anilines is 1. The van der Waals surface area contributed by atoms with E-state index in [0.29, 0.717) is 5.82 Å². The molecule has 3 aliphatic rings. The van der Waals surface area contributed by atoms with E-state index >= 15 is 0 Å². The highest BCUT2D eigenvalue weighted by atomic mass is 16.1. The molecule has 1 aromatic rings. The van der Waals surface area contributed by atoms with Crippen LogP contribution in [-0.2, 0) is 4.79 Å². The number of fused-ring (bicyclic) bond motifs is 2. The number of rotatable bonds is 2. The van der Waals surface area contributed by atoms with E-state index in [0.717, 1.165) is 17.6 Å². The normalized spacial score (nSPS) is 18.8. The standard InChI is InChI=1S/C15H10N2O/c18-15(17-14-3-1-2-6-16-14)11-5-4-10-12-7-9(12)8-13(10)11/h1-6,8H,7H2,(H,16,17,18). The van der Waals surface area contributed by atoms with Crippen LogP contribution in [-0.4, -0.2) is 10.9 Å². The van der Waals surface area contributed by atoms with Crippen molar-refractivity contribution in [3.63, 3.8) is 0 Å². The first-order valence-corrected chi connectivity index (χ1v) is 5.92. The second-order valence-corrected chi connectivity index (χ2v) is 4.57. The van der Waals surface area contributed by atoms with Crippen LogP contribution in [0.1, 0.15) is 6.42 Å². The van der Waals surface area contributed by atoms with Gasteiger partial charge in [-0.15, -0.1) is 0 Å². The minimum Gasteiger partial charge on any atom is -0.307 e. The van der Waals surface area contributed by atoms with E-state index in [1.165, 1.54) is 16.7 Å². The van der Waals surface area contributed by atoms with Crippen LogP contribution in [0.5, 0.6) is 0 Å². The number of allylic oxidation sites excluding steroid dienone is 6. The Hall–Kier alpha value is -2.42. The van der Waals surface area contributed by atoms with Gasteiger partial charge in [0.15, 0.2) is 0 Å². The summed E-state index contributed by atoms with van der Waals surface area (Å²) in [7, 11) is 0. The minimum absolute atomic E-state index is 0.0892. The highest BCUT2D eigenvalue weighted by Gasteiger charge is 2.35. The Morgan fingerprint density at radius 2 is 2.17 bits per heavy atom. The zero-order chi connectivity index (χ0) is 12.1. The fourth-order valence-corrected chi connectivity index (χ4v) is 2.46. The van der Waals surface area contributed by atoms with E-state index in [1.54, 1.807) is 12.3 Å². The van der Waals surface area contributed by atoms with Crippen LogP contribution in [0.4, 0.5) is 5.82 Å². The van der Waals surface area contributed by atoms with Crippen LogP contribution in [0.3, 0.4) is 0 Å². The summed E-state index contributed by atoms with van der Waals surface area (Å²) >= 11 is 0. The van der Waals surface area contributed by atoms with E-state index in [4.69, 9.17) is 0 Å². The number of pyridine rings is 1. The molecule has 18 heavy (non-hydrogen) atoms. The maximum absolute atomic E-state index is 12.2. The molecule has 1 fully saturated rings. The van der Waals surface area contributed by atoms with Gasteiger partial charge in [-0.3, -0.25) is 4.79 Å². The Kier molecular flexibility index (Phi) is 1.75. The van der Waals surface area contributed by atoms with Gasteiger partial charge in [-0.05, 0) is 53.0 Å². The predicted molar refractivity (Wildman–Crippen MR) is 68.8 cm³/mol. The van der Waals surface area contributed by atoms with Crippen LogP contribution < -0.4 is 5.32 Å². The third-order valence-corrected chi connectivity index (χ3v) is 3.42. The summed E-state index contributed by atoms with van der Waals surface area (Å²) < 4.78 is 0. The molecule has 0 aliphatic heterocycles. The lowest BCUT2D eigenvalue weighted by Gasteiger charge is -2.05. The Balaban J connectivity index is 1.64. The molecule has 0 bridgehead atoms. The summed E-state index contributed by atoms with van der Waals surface area (Å²) in [5.41, 5.74) is 5.83. The van der Waals surface area contributed by atoms with Gasteiger partial charge >= 0.3 is 0 Å². The maximum atomic E-state index is 12.2. The second-order valence-electron chi connectivity index (χ2n) is 4.57. The van der Waals surface area contributed by atoms with Crippen molar-refractivity contribution in [2.75, 3.05) is 5.32 Å². The SMILES string of the molecule is O=C(Nc1ccccn1)C1=C2C=C3CC3=C2C=C1. The number of nitrogens with zero attached hydrogens (tertiary/aromatic N) is 1. The topological polar surface area (TPSA) is 42.0 Å². The smallest absolute Gasteiger partial charge is 0.257 e. The third kappa shape index (κ3) is 1.31. The molecule has 1 N–H and O–H groups in total. The van der Waals surface area contributed by atoms with Gasteiger partial charge in [-0.25, -0.2) is 4.98 Å². The first-order chi connectivity index (χ1) is 8.83. The van der Waals surface area contributed by atoms with Crippen molar-refractivity contribution in [2.45, 2.75) is 6.42 Å². The van der Waals surface area contributed by atoms with E-state index in [1.807, 2.05) is 24.3 Å². The Morgan fingerprint density at radius 3 is 3.00 bits per heavy atom. The van der Waals surface area contributed by atoms with Crippen molar-refractivity contribution in [3.05, 3.63) is 70.5 Å². The Labute approximate surface area is 104 Å². The first-order valence-electron chi connectivity index (χ1n) is 5.92. The van der Waals surface area contributed by atoms with E-state index < -0.39 is 0 Å².